The Kier molecular flexibility index (Phi) is 8.55. The Morgan fingerprint density at radius 3 is 2.81 bits per heavy atom. The normalized spacial score (nSPS) is 17.4. The van der Waals surface area contributed by atoms with Crippen molar-refractivity contribution < 1.29 is 9.47 Å². The van der Waals surface area contributed by atoms with Crippen LogP contribution in [0, 0.1) is 0 Å². The average Bonchev–Trinajstić information content (AvgIpc) is 3.43. The van der Waals surface area contributed by atoms with Crippen LogP contribution in [0.15, 0.2) is 60.9 Å². The zero-order valence-corrected chi connectivity index (χ0v) is 20.9. The van der Waals surface area contributed by atoms with E-state index in [0.29, 0.717) is 31.6 Å². The fraction of sp³-hybridized carbons (Fsp3) is 0.414. The number of rotatable bonds is 5. The van der Waals surface area contributed by atoms with Gasteiger partial charge in [-0.05, 0) is 93.6 Å². The van der Waals surface area contributed by atoms with Crippen molar-refractivity contribution >= 4 is 11.6 Å². The van der Waals surface area contributed by atoms with E-state index in [4.69, 9.17) is 14.5 Å². The molecular weight excluding hydrogens is 450 g/mol. The monoisotopic (exact) mass is 485 g/mol. The molecule has 0 saturated carbocycles. The summed E-state index contributed by atoms with van der Waals surface area (Å²) in [6.07, 6.45) is 14.7. The number of benzene rings is 1. The van der Waals surface area contributed by atoms with Crippen LogP contribution in [-0.2, 0) is 17.8 Å². The summed E-state index contributed by atoms with van der Waals surface area (Å²) in [5.41, 5.74) is 5.29. The molecule has 4 heterocycles. The molecule has 7 nitrogen and oxygen atoms in total. The largest absolute Gasteiger partial charge is 0.477 e. The summed E-state index contributed by atoms with van der Waals surface area (Å²) in [6, 6.07) is 12.3. The predicted octanol–water partition coefficient (Wildman–Crippen LogP) is 5.56. The lowest BCUT2D eigenvalue weighted by molar-refractivity contribution is 0.148. The lowest BCUT2D eigenvalue weighted by Crippen LogP contribution is -2.20. The summed E-state index contributed by atoms with van der Waals surface area (Å²) in [7, 11) is 0. The first-order valence-electron chi connectivity index (χ1n) is 13.1. The number of nitrogens with zero attached hydrogens (tertiary/aromatic N) is 4. The van der Waals surface area contributed by atoms with Crippen LogP contribution >= 0.6 is 0 Å². The molecule has 1 aromatic carbocycles. The third-order valence-electron chi connectivity index (χ3n) is 6.69. The molecule has 6 bridgehead atoms. The highest BCUT2D eigenvalue weighted by atomic mass is 16.5. The molecule has 0 unspecified atom stereocenters. The Morgan fingerprint density at radius 1 is 0.944 bits per heavy atom. The predicted molar refractivity (Wildman–Crippen MR) is 143 cm³/mol. The molecule has 2 aliphatic heterocycles. The second kappa shape index (κ2) is 12.6. The third kappa shape index (κ3) is 6.89. The Hall–Kier alpha value is -3.29. The fourth-order valence-corrected chi connectivity index (χ4v) is 4.75. The van der Waals surface area contributed by atoms with Gasteiger partial charge in [-0.15, -0.1) is 0 Å². The van der Waals surface area contributed by atoms with Crippen LogP contribution in [0.1, 0.15) is 43.2 Å². The smallest absolute Gasteiger partial charge is 0.227 e. The van der Waals surface area contributed by atoms with Crippen LogP contribution < -0.4 is 10.1 Å². The lowest BCUT2D eigenvalue weighted by atomic mass is 10.0. The Labute approximate surface area is 213 Å². The van der Waals surface area contributed by atoms with Gasteiger partial charge >= 0.3 is 0 Å². The average molecular weight is 486 g/mol. The molecule has 0 amide bonds. The van der Waals surface area contributed by atoms with Crippen LogP contribution in [0.5, 0.6) is 5.88 Å². The van der Waals surface area contributed by atoms with E-state index in [0.717, 1.165) is 29.8 Å². The molecule has 188 valence electrons. The molecule has 1 N–H and O–H groups in total. The maximum atomic E-state index is 6.02. The van der Waals surface area contributed by atoms with Crippen LogP contribution in [0.2, 0.25) is 0 Å². The summed E-state index contributed by atoms with van der Waals surface area (Å²) in [5, 5.41) is 3.38. The molecular formula is C29H35N5O2. The SMILES string of the molecule is C1=C\COCc2cc(ccc2CCCCN2CCCC2)Nc2nccc(n2)-c2ccnc(c2)OCC/1. The number of pyridine rings is 1. The van der Waals surface area contributed by atoms with Crippen molar-refractivity contribution in [1.82, 2.24) is 19.9 Å². The minimum Gasteiger partial charge on any atom is -0.477 e. The fourth-order valence-electron chi connectivity index (χ4n) is 4.75. The van der Waals surface area contributed by atoms with Crippen molar-refractivity contribution in [2.24, 2.45) is 0 Å². The number of fused-ring (bicyclic) bond motifs is 7. The topological polar surface area (TPSA) is 72.4 Å². The number of unbranched alkanes of at least 4 members (excludes halogenated alkanes) is 1. The van der Waals surface area contributed by atoms with Crippen molar-refractivity contribution in [3.63, 3.8) is 0 Å². The van der Waals surface area contributed by atoms with Gasteiger partial charge in [-0.3, -0.25) is 0 Å². The first kappa shape index (κ1) is 24.4. The van der Waals surface area contributed by atoms with Crippen molar-refractivity contribution in [3.8, 4) is 17.1 Å². The summed E-state index contributed by atoms with van der Waals surface area (Å²) in [6.45, 7) is 5.47. The first-order valence-corrected chi connectivity index (χ1v) is 13.1. The molecule has 3 aromatic rings. The molecule has 0 aliphatic carbocycles. The Morgan fingerprint density at radius 2 is 1.86 bits per heavy atom. The standard InChI is InChI=1S/C29H35N5O2/c1-6-18-35-22-25-20-26(10-9-23(25)8-2-3-15-34-16-4-5-17-34)32-29-31-14-12-27(33-29)24-11-13-30-28(21-24)36-19-7-1/h1,6,9-14,20-21H,2-5,7-8,15-19,22H2,(H,31,32,33)/b6-1-. The van der Waals surface area contributed by atoms with E-state index < -0.39 is 0 Å². The maximum Gasteiger partial charge on any atom is 0.227 e. The maximum absolute atomic E-state index is 6.02. The van der Waals surface area contributed by atoms with Crippen molar-refractivity contribution in [2.45, 2.75) is 45.1 Å². The highest BCUT2D eigenvalue weighted by Gasteiger charge is 2.12. The van der Waals surface area contributed by atoms with E-state index in [2.05, 4.69) is 50.5 Å². The molecule has 36 heavy (non-hydrogen) atoms. The van der Waals surface area contributed by atoms with Gasteiger partial charge in [-0.25, -0.2) is 15.0 Å². The third-order valence-corrected chi connectivity index (χ3v) is 6.69. The molecule has 2 aromatic heterocycles. The molecule has 7 heteroatoms. The van der Waals surface area contributed by atoms with E-state index in [9.17, 15) is 0 Å². The summed E-state index contributed by atoms with van der Waals surface area (Å²) >= 11 is 0. The van der Waals surface area contributed by atoms with Gasteiger partial charge in [0, 0.05) is 29.7 Å². The number of likely N-dealkylation sites (tertiary alicyclic amines) is 1. The van der Waals surface area contributed by atoms with Crippen molar-refractivity contribution in [3.05, 3.63) is 72.1 Å². The van der Waals surface area contributed by atoms with E-state index in [-0.39, 0.29) is 0 Å². The highest BCUT2D eigenvalue weighted by Crippen LogP contribution is 2.24. The van der Waals surface area contributed by atoms with Gasteiger partial charge in [-0.2, -0.15) is 0 Å². The quantitative estimate of drug-likeness (QED) is 0.375. The molecule has 1 saturated heterocycles. The van der Waals surface area contributed by atoms with Crippen LogP contribution in [-0.4, -0.2) is 52.7 Å². The number of hydrogen-bond acceptors (Lipinski definition) is 7. The van der Waals surface area contributed by atoms with Gasteiger partial charge in [0.15, 0.2) is 0 Å². The van der Waals surface area contributed by atoms with Gasteiger partial charge in [0.1, 0.15) is 0 Å². The molecule has 1 fully saturated rings. The zero-order chi connectivity index (χ0) is 24.4. The first-order chi connectivity index (χ1) is 17.8. The Bertz CT molecular complexity index is 1160. The van der Waals surface area contributed by atoms with E-state index in [1.807, 2.05) is 18.2 Å². The van der Waals surface area contributed by atoms with Gasteiger partial charge in [-0.1, -0.05) is 18.2 Å². The number of nitrogens with one attached hydrogen (secondary N) is 1. The summed E-state index contributed by atoms with van der Waals surface area (Å²) in [4.78, 5) is 16.1. The number of hydrogen-bond donors (Lipinski definition) is 1. The zero-order valence-electron chi connectivity index (χ0n) is 20.9. The van der Waals surface area contributed by atoms with Gasteiger partial charge in [0.25, 0.3) is 0 Å². The molecule has 5 rings (SSSR count). The highest BCUT2D eigenvalue weighted by molar-refractivity contribution is 5.63. The Balaban J connectivity index is 1.33. The van der Waals surface area contributed by atoms with E-state index in [1.165, 1.54) is 56.4 Å². The van der Waals surface area contributed by atoms with E-state index in [1.54, 1.807) is 12.4 Å². The number of aromatic nitrogens is 3. The van der Waals surface area contributed by atoms with Crippen LogP contribution in [0.25, 0.3) is 11.3 Å². The van der Waals surface area contributed by atoms with Gasteiger partial charge in [0.05, 0.1) is 25.5 Å². The summed E-state index contributed by atoms with van der Waals surface area (Å²) in [5.74, 6) is 1.15. The molecule has 0 spiro atoms. The molecule has 0 atom stereocenters. The molecule has 0 radical (unpaired) electrons. The summed E-state index contributed by atoms with van der Waals surface area (Å²) < 4.78 is 11.8. The van der Waals surface area contributed by atoms with Gasteiger partial charge in [0.2, 0.25) is 11.8 Å². The van der Waals surface area contributed by atoms with E-state index >= 15 is 0 Å². The second-order valence-corrected chi connectivity index (χ2v) is 9.39. The van der Waals surface area contributed by atoms with Crippen molar-refractivity contribution in [1.29, 1.82) is 0 Å². The second-order valence-electron chi connectivity index (χ2n) is 9.39. The van der Waals surface area contributed by atoms with Gasteiger partial charge < -0.3 is 19.7 Å². The lowest BCUT2D eigenvalue weighted by Gasteiger charge is -2.16. The minimum atomic E-state index is 0.557. The minimum absolute atomic E-state index is 0.557. The van der Waals surface area contributed by atoms with Crippen LogP contribution in [0.3, 0.4) is 0 Å². The number of ether oxygens (including phenoxy) is 2. The molecule has 2 aliphatic rings. The van der Waals surface area contributed by atoms with Crippen LogP contribution in [0.4, 0.5) is 11.6 Å². The van der Waals surface area contributed by atoms with Crippen molar-refractivity contribution in [2.75, 3.05) is 38.2 Å². The number of anilines is 2. The number of aryl methyl sites for hydroxylation is 1.